The number of rotatable bonds is 10. The molecule has 0 atom stereocenters. The van der Waals surface area contributed by atoms with E-state index in [1.54, 1.807) is 48.2 Å². The number of anilines is 3. The van der Waals surface area contributed by atoms with Gasteiger partial charge in [-0.2, -0.15) is 0 Å². The first-order chi connectivity index (χ1) is 21.4. The van der Waals surface area contributed by atoms with Crippen molar-refractivity contribution in [2.24, 2.45) is 0 Å². The second-order valence-electron chi connectivity index (χ2n) is 11.0. The maximum Gasteiger partial charge on any atom is 0.410 e. The number of nitrogens with one attached hydrogen (secondary N) is 2. The number of hydrogen-bond acceptors (Lipinski definition) is 10. The van der Waals surface area contributed by atoms with Crippen LogP contribution in [0.15, 0.2) is 71.9 Å². The Bertz CT molecular complexity index is 1620. The monoisotopic (exact) mass is 639 g/mol. The number of pyridine rings is 1. The number of carbonyl (C=O) groups is 3. The highest BCUT2D eigenvalue weighted by molar-refractivity contribution is 7.92. The van der Waals surface area contributed by atoms with Crippen molar-refractivity contribution >= 4 is 45.1 Å². The number of ether oxygens (including phenoxy) is 3. The molecule has 0 aliphatic carbocycles. The number of amides is 2. The molecule has 2 heterocycles. The molecule has 2 N–H and O–H groups in total. The second-order valence-corrected chi connectivity index (χ2v) is 12.7. The summed E-state index contributed by atoms with van der Waals surface area (Å²) in [5.74, 6) is -0.992. The number of piperazine rings is 1. The van der Waals surface area contributed by atoms with E-state index in [2.05, 4.69) is 19.9 Å². The summed E-state index contributed by atoms with van der Waals surface area (Å²) in [5, 5.41) is 2.66. The van der Waals surface area contributed by atoms with E-state index in [0.717, 1.165) is 11.9 Å². The molecule has 45 heavy (non-hydrogen) atoms. The van der Waals surface area contributed by atoms with E-state index in [-0.39, 0.29) is 34.7 Å². The van der Waals surface area contributed by atoms with Crippen LogP contribution in [0.5, 0.6) is 5.75 Å². The number of carbonyl (C=O) groups excluding carboxylic acids is 3. The highest BCUT2D eigenvalue weighted by Gasteiger charge is 2.26. The van der Waals surface area contributed by atoms with E-state index in [4.69, 9.17) is 14.2 Å². The van der Waals surface area contributed by atoms with E-state index in [9.17, 15) is 22.8 Å². The summed E-state index contributed by atoms with van der Waals surface area (Å²) in [5.41, 5.74) is 0.752. The van der Waals surface area contributed by atoms with Crippen LogP contribution in [0.2, 0.25) is 0 Å². The molecule has 1 fully saturated rings. The average Bonchev–Trinajstić information content (AvgIpc) is 3.00. The highest BCUT2D eigenvalue weighted by Crippen LogP contribution is 2.29. The van der Waals surface area contributed by atoms with Crippen LogP contribution >= 0.6 is 0 Å². The van der Waals surface area contributed by atoms with Crippen molar-refractivity contribution in [2.45, 2.75) is 38.2 Å². The first-order valence-corrected chi connectivity index (χ1v) is 15.8. The number of aromatic nitrogens is 1. The molecular weight excluding hydrogens is 602 g/mol. The van der Waals surface area contributed by atoms with E-state index in [1.807, 2.05) is 20.8 Å². The molecule has 14 heteroatoms. The van der Waals surface area contributed by atoms with Crippen LogP contribution in [-0.2, 0) is 24.3 Å². The van der Waals surface area contributed by atoms with Crippen molar-refractivity contribution in [1.29, 1.82) is 0 Å². The number of hydrogen-bond donors (Lipinski definition) is 2. The van der Waals surface area contributed by atoms with Gasteiger partial charge in [0, 0.05) is 49.8 Å². The van der Waals surface area contributed by atoms with Gasteiger partial charge in [-0.05, 0) is 70.2 Å². The minimum atomic E-state index is -4.25. The van der Waals surface area contributed by atoms with Crippen molar-refractivity contribution < 1.29 is 37.0 Å². The van der Waals surface area contributed by atoms with E-state index in [0.29, 0.717) is 31.7 Å². The van der Waals surface area contributed by atoms with Crippen LogP contribution in [0.25, 0.3) is 0 Å². The molecule has 2 aromatic carbocycles. The van der Waals surface area contributed by atoms with Gasteiger partial charge in [-0.25, -0.2) is 18.0 Å². The Labute approximate surface area is 262 Å². The number of benzene rings is 2. The maximum absolute atomic E-state index is 13.4. The Morgan fingerprint density at radius 1 is 0.933 bits per heavy atom. The molecule has 0 spiro atoms. The summed E-state index contributed by atoms with van der Waals surface area (Å²) in [6.07, 6.45) is 2.15. The van der Waals surface area contributed by atoms with Crippen LogP contribution in [-0.4, -0.2) is 81.3 Å². The Balaban J connectivity index is 1.41. The van der Waals surface area contributed by atoms with Crippen LogP contribution < -0.4 is 19.7 Å². The number of esters is 1. The number of sulfonamides is 1. The van der Waals surface area contributed by atoms with Crippen LogP contribution in [0.4, 0.5) is 21.9 Å². The van der Waals surface area contributed by atoms with Crippen LogP contribution in [0, 0.1) is 0 Å². The standard InChI is InChI=1S/C31H37N5O8S/c1-5-42-28(37)21-43-26-9-7-6-8-24(26)34-45(40,41)27-20-32-15-14-25(27)33-29(38)22-10-12-23(13-11-22)35-16-18-36(19-17-35)30(39)44-31(2,3)4/h6-15,20,34H,5,16-19,21H2,1-4H3,(H,32,33,38). The van der Waals surface area contributed by atoms with Crippen LogP contribution in [0.3, 0.4) is 0 Å². The minimum Gasteiger partial charge on any atom is -0.480 e. The Morgan fingerprint density at radius 2 is 1.62 bits per heavy atom. The SMILES string of the molecule is CCOC(=O)COc1ccccc1NS(=O)(=O)c1cnccc1NC(=O)c1ccc(N2CCN(C(=O)OC(C)(C)C)CC2)cc1. The van der Waals surface area contributed by atoms with Gasteiger partial charge in [-0.1, -0.05) is 12.1 Å². The smallest absolute Gasteiger partial charge is 0.410 e. The van der Waals surface area contributed by atoms with Crippen molar-refractivity contribution in [3.05, 3.63) is 72.6 Å². The molecule has 2 amide bonds. The third kappa shape index (κ3) is 9.08. The molecule has 0 unspecified atom stereocenters. The lowest BCUT2D eigenvalue weighted by atomic mass is 10.1. The van der Waals surface area contributed by atoms with E-state index < -0.39 is 34.1 Å². The molecule has 3 aromatic rings. The lowest BCUT2D eigenvalue weighted by molar-refractivity contribution is -0.145. The predicted molar refractivity (Wildman–Crippen MR) is 168 cm³/mol. The summed E-state index contributed by atoms with van der Waals surface area (Å²) in [6.45, 7) is 9.16. The summed E-state index contributed by atoms with van der Waals surface area (Å²) < 4.78 is 45.0. The molecule has 0 saturated carbocycles. The minimum absolute atomic E-state index is 0.0229. The topological polar surface area (TPSA) is 156 Å². The lowest BCUT2D eigenvalue weighted by Crippen LogP contribution is -2.50. The normalized spacial score (nSPS) is 13.5. The fourth-order valence-corrected chi connectivity index (χ4v) is 5.58. The fraction of sp³-hybridized carbons (Fsp3) is 0.355. The highest BCUT2D eigenvalue weighted by atomic mass is 32.2. The van der Waals surface area contributed by atoms with Crippen molar-refractivity contribution in [3.8, 4) is 5.75 Å². The molecule has 4 rings (SSSR count). The van der Waals surface area contributed by atoms with Crippen molar-refractivity contribution in [3.63, 3.8) is 0 Å². The molecule has 13 nitrogen and oxygen atoms in total. The number of nitrogens with zero attached hydrogens (tertiary/aromatic N) is 3. The number of para-hydroxylation sites is 2. The summed E-state index contributed by atoms with van der Waals surface area (Å²) in [7, 11) is -4.25. The van der Waals surface area contributed by atoms with Gasteiger partial charge < -0.3 is 29.3 Å². The zero-order chi connectivity index (χ0) is 32.6. The Morgan fingerprint density at radius 3 is 2.29 bits per heavy atom. The molecule has 240 valence electrons. The molecule has 1 saturated heterocycles. The van der Waals surface area contributed by atoms with Gasteiger partial charge >= 0.3 is 12.1 Å². The largest absolute Gasteiger partial charge is 0.480 e. The van der Waals surface area contributed by atoms with Gasteiger partial charge in [0.15, 0.2) is 6.61 Å². The second kappa shape index (κ2) is 14.3. The summed E-state index contributed by atoms with van der Waals surface area (Å²) in [6, 6.07) is 14.5. The van der Waals surface area contributed by atoms with Crippen molar-refractivity contribution in [1.82, 2.24) is 9.88 Å². The quantitative estimate of drug-likeness (QED) is 0.309. The average molecular weight is 640 g/mol. The fourth-order valence-electron chi connectivity index (χ4n) is 4.41. The molecule has 0 radical (unpaired) electrons. The van der Waals surface area contributed by atoms with Crippen molar-refractivity contribution in [2.75, 3.05) is 54.3 Å². The van der Waals surface area contributed by atoms with Gasteiger partial charge in [0.1, 0.15) is 16.2 Å². The maximum atomic E-state index is 13.4. The first-order valence-electron chi connectivity index (χ1n) is 14.3. The molecule has 0 bridgehead atoms. The molecule has 1 aromatic heterocycles. The van der Waals surface area contributed by atoms with Gasteiger partial charge in [0.2, 0.25) is 0 Å². The van der Waals surface area contributed by atoms with Gasteiger partial charge in [0.05, 0.1) is 18.0 Å². The van der Waals surface area contributed by atoms with Gasteiger partial charge in [-0.3, -0.25) is 14.5 Å². The molecule has 1 aliphatic rings. The zero-order valence-electron chi connectivity index (χ0n) is 25.6. The third-order valence-corrected chi connectivity index (χ3v) is 7.92. The van der Waals surface area contributed by atoms with E-state index >= 15 is 0 Å². The van der Waals surface area contributed by atoms with Gasteiger partial charge in [-0.15, -0.1) is 0 Å². The lowest BCUT2D eigenvalue weighted by Gasteiger charge is -2.36. The Kier molecular flexibility index (Phi) is 10.5. The zero-order valence-corrected chi connectivity index (χ0v) is 26.4. The van der Waals surface area contributed by atoms with E-state index in [1.165, 1.54) is 24.4 Å². The molecular formula is C31H37N5O8S. The summed E-state index contributed by atoms with van der Waals surface area (Å²) >= 11 is 0. The predicted octanol–water partition coefficient (Wildman–Crippen LogP) is 4.13. The summed E-state index contributed by atoms with van der Waals surface area (Å²) in [4.78, 5) is 44.7. The first kappa shape index (κ1) is 33.1. The third-order valence-electron chi connectivity index (χ3n) is 6.53. The Hall–Kier alpha value is -4.85. The van der Waals surface area contributed by atoms with Crippen LogP contribution in [0.1, 0.15) is 38.1 Å². The molecule has 1 aliphatic heterocycles. The van der Waals surface area contributed by atoms with Gasteiger partial charge in [0.25, 0.3) is 15.9 Å².